The molecule has 2 nitrogen and oxygen atoms in total. The van der Waals surface area contributed by atoms with E-state index in [2.05, 4.69) is 77.7 Å². The van der Waals surface area contributed by atoms with Crippen LogP contribution in [0.5, 0.6) is 0 Å². The molecule has 1 atom stereocenters. The second kappa shape index (κ2) is 5.45. The third kappa shape index (κ3) is 2.11. The van der Waals surface area contributed by atoms with E-state index in [1.807, 2.05) is 11.8 Å². The van der Waals surface area contributed by atoms with E-state index in [9.17, 15) is 0 Å². The molecule has 3 aliphatic heterocycles. The highest BCUT2D eigenvalue weighted by Gasteiger charge is 2.33. The maximum atomic E-state index is 2.60. The molecule has 0 N–H and O–H groups in total. The minimum Gasteiger partial charge on any atom is -0.355 e. The molecule has 2 aromatic rings. The molecule has 2 aromatic carbocycles. The van der Waals surface area contributed by atoms with E-state index in [1.54, 1.807) is 0 Å². The lowest BCUT2D eigenvalue weighted by atomic mass is 9.99. The van der Waals surface area contributed by atoms with Crippen LogP contribution in [0, 0.1) is 0 Å². The Labute approximate surface area is 147 Å². The van der Waals surface area contributed by atoms with Gasteiger partial charge in [-0.15, -0.1) is 0 Å². The number of rotatable bonds is 1. The van der Waals surface area contributed by atoms with Crippen molar-refractivity contribution in [1.82, 2.24) is 0 Å². The number of para-hydroxylation sites is 2. The van der Waals surface area contributed by atoms with Crippen molar-refractivity contribution in [3.05, 3.63) is 71.9 Å². The third-order valence-corrected chi connectivity index (χ3v) is 6.38. The molecule has 24 heavy (non-hydrogen) atoms. The zero-order valence-electron chi connectivity index (χ0n) is 13.8. The summed E-state index contributed by atoms with van der Waals surface area (Å²) < 4.78 is 0. The van der Waals surface area contributed by atoms with Crippen molar-refractivity contribution in [2.24, 2.45) is 0 Å². The van der Waals surface area contributed by atoms with Crippen LogP contribution in [-0.2, 0) is 6.42 Å². The van der Waals surface area contributed by atoms with Crippen molar-refractivity contribution in [3.63, 3.8) is 0 Å². The van der Waals surface area contributed by atoms with Gasteiger partial charge in [0.1, 0.15) is 0 Å². The maximum Gasteiger partial charge on any atom is 0.0991 e. The molecule has 0 saturated heterocycles. The molecule has 0 saturated carbocycles. The van der Waals surface area contributed by atoms with Crippen LogP contribution in [0.15, 0.2) is 65.7 Å². The van der Waals surface area contributed by atoms with Gasteiger partial charge < -0.3 is 9.80 Å². The summed E-state index contributed by atoms with van der Waals surface area (Å²) in [6.07, 6.45) is 9.34. The molecule has 0 aromatic heterocycles. The van der Waals surface area contributed by atoms with Crippen LogP contribution in [-0.4, -0.2) is 19.0 Å². The first-order valence-corrected chi connectivity index (χ1v) is 9.47. The van der Waals surface area contributed by atoms with Crippen LogP contribution in [0.4, 0.5) is 11.4 Å². The molecule has 3 aliphatic rings. The van der Waals surface area contributed by atoms with Gasteiger partial charge in [-0.2, -0.15) is 0 Å². The maximum absolute atomic E-state index is 2.60. The number of anilines is 2. The third-order valence-electron chi connectivity index (χ3n) is 5.16. The molecule has 0 fully saturated rings. The zero-order chi connectivity index (χ0) is 16.1. The molecule has 0 radical (unpaired) electrons. The fourth-order valence-corrected chi connectivity index (χ4v) is 5.33. The second-order valence-electron chi connectivity index (χ2n) is 6.64. The zero-order valence-corrected chi connectivity index (χ0v) is 14.6. The lowest BCUT2D eigenvalue weighted by molar-refractivity contribution is 0.710. The summed E-state index contributed by atoms with van der Waals surface area (Å²) in [5.41, 5.74) is 6.95. The molecule has 0 aliphatic carbocycles. The van der Waals surface area contributed by atoms with Crippen LogP contribution in [0.1, 0.15) is 17.5 Å². The highest BCUT2D eigenvalue weighted by Crippen LogP contribution is 2.49. The number of thioether (sulfide) groups is 1. The Bertz CT molecular complexity index is 868. The van der Waals surface area contributed by atoms with Gasteiger partial charge >= 0.3 is 0 Å². The Morgan fingerprint density at radius 2 is 2.04 bits per heavy atom. The highest BCUT2D eigenvalue weighted by atomic mass is 32.2. The van der Waals surface area contributed by atoms with E-state index in [4.69, 9.17) is 0 Å². The van der Waals surface area contributed by atoms with E-state index in [0.29, 0.717) is 5.37 Å². The second-order valence-corrected chi connectivity index (χ2v) is 7.79. The topological polar surface area (TPSA) is 6.48 Å². The SMILES string of the molecule is CN1C=C/C(=C\C2Sc3cccc4c3N2CCC4)c2ccccc21. The number of benzene rings is 2. The van der Waals surface area contributed by atoms with Crippen molar-refractivity contribution in [2.45, 2.75) is 23.1 Å². The molecule has 3 heteroatoms. The molecule has 1 unspecified atom stereocenters. The van der Waals surface area contributed by atoms with Crippen molar-refractivity contribution in [1.29, 1.82) is 0 Å². The van der Waals surface area contributed by atoms with Gasteiger partial charge in [0.2, 0.25) is 0 Å². The Balaban J connectivity index is 1.56. The average Bonchev–Trinajstić information content (AvgIpc) is 2.98. The normalized spacial score (nSPS) is 22.7. The van der Waals surface area contributed by atoms with Crippen molar-refractivity contribution in [2.75, 3.05) is 23.4 Å². The number of nitrogens with zero attached hydrogens (tertiary/aromatic N) is 2. The first-order chi connectivity index (χ1) is 11.8. The molecule has 3 heterocycles. The predicted octanol–water partition coefficient (Wildman–Crippen LogP) is 4.92. The van der Waals surface area contributed by atoms with Crippen molar-refractivity contribution >= 4 is 28.7 Å². The molecule has 0 bridgehead atoms. The van der Waals surface area contributed by atoms with Gasteiger partial charge in [-0.1, -0.05) is 42.1 Å². The lowest BCUT2D eigenvalue weighted by Gasteiger charge is -2.31. The molecule has 5 rings (SSSR count). The summed E-state index contributed by atoms with van der Waals surface area (Å²) in [4.78, 5) is 6.24. The summed E-state index contributed by atoms with van der Waals surface area (Å²) in [6.45, 7) is 1.16. The molecular weight excluding hydrogens is 312 g/mol. The number of fused-ring (bicyclic) bond motifs is 1. The number of allylic oxidation sites excluding steroid dienone is 2. The Morgan fingerprint density at radius 3 is 3.00 bits per heavy atom. The minimum absolute atomic E-state index is 0.401. The summed E-state index contributed by atoms with van der Waals surface area (Å²) in [6, 6.07) is 15.5. The minimum atomic E-state index is 0.401. The molecule has 0 spiro atoms. The van der Waals surface area contributed by atoms with Crippen LogP contribution >= 0.6 is 11.8 Å². The van der Waals surface area contributed by atoms with Crippen LogP contribution in [0.2, 0.25) is 0 Å². The monoisotopic (exact) mass is 332 g/mol. The van der Waals surface area contributed by atoms with Crippen LogP contribution < -0.4 is 9.80 Å². The van der Waals surface area contributed by atoms with Gasteiger partial charge in [-0.05, 0) is 48.3 Å². The quantitative estimate of drug-likeness (QED) is 0.732. The standard InChI is InChI=1S/C21H20N2S/c1-22-13-11-16(17-8-2-3-9-18(17)22)14-20-23-12-5-7-15-6-4-10-19(24-20)21(15)23/h2-4,6,8-11,13-14,20H,5,7,12H2,1H3/b16-14+. The number of aryl methyl sites for hydroxylation is 1. The predicted molar refractivity (Wildman–Crippen MR) is 104 cm³/mol. The van der Waals surface area contributed by atoms with Gasteiger partial charge in [-0.25, -0.2) is 0 Å². The van der Waals surface area contributed by atoms with E-state index < -0.39 is 0 Å². The summed E-state index contributed by atoms with van der Waals surface area (Å²) in [7, 11) is 2.11. The van der Waals surface area contributed by atoms with Gasteiger partial charge in [0.25, 0.3) is 0 Å². The first kappa shape index (κ1) is 14.2. The van der Waals surface area contributed by atoms with E-state index in [-0.39, 0.29) is 0 Å². The number of hydrogen-bond donors (Lipinski definition) is 0. The fourth-order valence-electron chi connectivity index (χ4n) is 4.00. The smallest absolute Gasteiger partial charge is 0.0991 e. The van der Waals surface area contributed by atoms with Crippen LogP contribution in [0.3, 0.4) is 0 Å². The summed E-state index contributed by atoms with van der Waals surface area (Å²) in [5, 5.41) is 0.401. The molecular formula is C21H20N2S. The van der Waals surface area contributed by atoms with E-state index >= 15 is 0 Å². The molecule has 0 amide bonds. The lowest BCUT2D eigenvalue weighted by Crippen LogP contribution is -2.32. The first-order valence-electron chi connectivity index (χ1n) is 8.59. The fraction of sp³-hybridized carbons (Fsp3) is 0.238. The number of hydrogen-bond acceptors (Lipinski definition) is 3. The van der Waals surface area contributed by atoms with Crippen molar-refractivity contribution < 1.29 is 0 Å². The highest BCUT2D eigenvalue weighted by molar-refractivity contribution is 8.00. The summed E-state index contributed by atoms with van der Waals surface area (Å²) >= 11 is 1.99. The largest absolute Gasteiger partial charge is 0.355 e. The van der Waals surface area contributed by atoms with Crippen molar-refractivity contribution in [3.8, 4) is 0 Å². The van der Waals surface area contributed by atoms with Gasteiger partial charge in [0.15, 0.2) is 0 Å². The van der Waals surface area contributed by atoms with Crippen LogP contribution in [0.25, 0.3) is 5.57 Å². The Kier molecular flexibility index (Phi) is 3.23. The van der Waals surface area contributed by atoms with E-state index in [0.717, 1.165) is 6.54 Å². The summed E-state index contributed by atoms with van der Waals surface area (Å²) in [5.74, 6) is 0. The van der Waals surface area contributed by atoms with Gasteiger partial charge in [0.05, 0.1) is 11.1 Å². The van der Waals surface area contributed by atoms with E-state index in [1.165, 1.54) is 45.8 Å². The van der Waals surface area contributed by atoms with Gasteiger partial charge in [-0.3, -0.25) is 0 Å². The Hall–Kier alpha value is -2.13. The average molecular weight is 332 g/mol. The Morgan fingerprint density at radius 1 is 1.12 bits per heavy atom. The van der Waals surface area contributed by atoms with Gasteiger partial charge in [0, 0.05) is 35.9 Å². The molecule has 120 valence electrons.